The van der Waals surface area contributed by atoms with Crippen LogP contribution in [0.5, 0.6) is 11.5 Å². The Morgan fingerprint density at radius 3 is 2.50 bits per heavy atom. The first kappa shape index (κ1) is 24.8. The van der Waals surface area contributed by atoms with E-state index in [0.717, 1.165) is 11.1 Å². The molecule has 5 nitrogen and oxygen atoms in total. The number of nitrogens with zero attached hydrogens (tertiary/aromatic N) is 1. The van der Waals surface area contributed by atoms with Crippen molar-refractivity contribution in [2.45, 2.75) is 26.5 Å². The summed E-state index contributed by atoms with van der Waals surface area (Å²) in [6.07, 6.45) is 1.45. The topological polar surface area (TPSA) is 71.3 Å². The molecule has 0 aliphatic carbocycles. The van der Waals surface area contributed by atoms with Gasteiger partial charge in [-0.1, -0.05) is 54.1 Å². The first-order valence-electron chi connectivity index (χ1n) is 10.7. The average molecular weight is 479 g/mol. The van der Waals surface area contributed by atoms with Gasteiger partial charge in [0.25, 0.3) is 5.91 Å². The fourth-order valence-corrected chi connectivity index (χ4v) is 3.50. The van der Waals surface area contributed by atoms with Crippen LogP contribution in [0, 0.1) is 17.1 Å². The van der Waals surface area contributed by atoms with Gasteiger partial charge in [0, 0.05) is 0 Å². The van der Waals surface area contributed by atoms with Crippen LogP contribution in [0.1, 0.15) is 36.6 Å². The molecule has 0 fully saturated rings. The lowest BCUT2D eigenvalue weighted by molar-refractivity contribution is -0.117. The number of hydrogen-bond donors (Lipinski definition) is 1. The fraction of sp³-hybridized carbons (Fsp3) is 0.185. The van der Waals surface area contributed by atoms with E-state index in [1.54, 1.807) is 24.3 Å². The SMILES string of the molecule is CCOc1cc(/C=C(/C#N)C(=O)N[C@H](C)c2ccccc2)cc(Cl)c1OCc1ccc(F)cc1. The third-order valence-electron chi connectivity index (χ3n) is 4.95. The van der Waals surface area contributed by atoms with Crippen molar-refractivity contribution in [1.29, 1.82) is 5.26 Å². The molecule has 1 N–H and O–H groups in total. The number of rotatable bonds is 9. The first-order valence-corrected chi connectivity index (χ1v) is 11.1. The molecule has 0 aromatic heterocycles. The summed E-state index contributed by atoms with van der Waals surface area (Å²) >= 11 is 6.45. The minimum absolute atomic E-state index is 0.0683. The van der Waals surface area contributed by atoms with E-state index in [4.69, 9.17) is 21.1 Å². The summed E-state index contributed by atoms with van der Waals surface area (Å²) in [6, 6.07) is 20.3. The van der Waals surface area contributed by atoms with Crippen LogP contribution in [-0.4, -0.2) is 12.5 Å². The van der Waals surface area contributed by atoms with E-state index in [9.17, 15) is 14.4 Å². The number of benzene rings is 3. The molecular weight excluding hydrogens is 455 g/mol. The summed E-state index contributed by atoms with van der Waals surface area (Å²) in [5.74, 6) is -0.127. The van der Waals surface area contributed by atoms with Gasteiger partial charge in [-0.3, -0.25) is 4.79 Å². The number of carbonyl (C=O) groups excluding carboxylic acids is 1. The number of amides is 1. The standard InChI is InChI=1S/C27H24ClFN2O3/c1-3-33-25-15-20(14-24(28)26(25)34-17-19-9-11-23(29)12-10-19)13-22(16-30)27(32)31-18(2)21-7-5-4-6-8-21/h4-15,18H,3,17H2,1-2H3,(H,31,32)/b22-13-/t18-/m1/s1. The van der Waals surface area contributed by atoms with Gasteiger partial charge >= 0.3 is 0 Å². The summed E-state index contributed by atoms with van der Waals surface area (Å²) in [5.41, 5.74) is 2.14. The van der Waals surface area contributed by atoms with Crippen LogP contribution in [0.15, 0.2) is 72.3 Å². The largest absolute Gasteiger partial charge is 0.490 e. The number of hydrogen-bond acceptors (Lipinski definition) is 4. The molecule has 0 bridgehead atoms. The average Bonchev–Trinajstić information content (AvgIpc) is 2.83. The Morgan fingerprint density at radius 2 is 1.85 bits per heavy atom. The maximum absolute atomic E-state index is 13.1. The van der Waals surface area contributed by atoms with Gasteiger partial charge in [0.05, 0.1) is 17.7 Å². The molecule has 1 atom stereocenters. The lowest BCUT2D eigenvalue weighted by Gasteiger charge is -2.15. The van der Waals surface area contributed by atoms with Gasteiger partial charge in [0.2, 0.25) is 0 Å². The number of nitrogens with one attached hydrogen (secondary N) is 1. The Bertz CT molecular complexity index is 1210. The molecule has 0 aliphatic rings. The highest BCUT2D eigenvalue weighted by atomic mass is 35.5. The van der Waals surface area contributed by atoms with E-state index in [1.165, 1.54) is 18.2 Å². The third-order valence-corrected chi connectivity index (χ3v) is 5.23. The minimum Gasteiger partial charge on any atom is -0.490 e. The van der Waals surface area contributed by atoms with Crippen LogP contribution in [0.2, 0.25) is 5.02 Å². The van der Waals surface area contributed by atoms with Crippen LogP contribution in [0.3, 0.4) is 0 Å². The summed E-state index contributed by atoms with van der Waals surface area (Å²) in [4.78, 5) is 12.7. The third kappa shape index (κ3) is 6.60. The quantitative estimate of drug-likeness (QED) is 0.292. The lowest BCUT2D eigenvalue weighted by Crippen LogP contribution is -2.27. The normalized spacial score (nSPS) is 11.9. The maximum Gasteiger partial charge on any atom is 0.262 e. The molecular formula is C27H24ClFN2O3. The monoisotopic (exact) mass is 478 g/mol. The molecule has 0 aliphatic heterocycles. The van der Waals surface area contributed by atoms with Crippen molar-refractivity contribution in [3.05, 3.63) is 99.8 Å². The summed E-state index contributed by atoms with van der Waals surface area (Å²) < 4.78 is 24.7. The molecule has 174 valence electrons. The molecule has 0 heterocycles. The molecule has 0 radical (unpaired) electrons. The molecule has 0 spiro atoms. The van der Waals surface area contributed by atoms with Crippen molar-refractivity contribution >= 4 is 23.6 Å². The number of nitriles is 1. The van der Waals surface area contributed by atoms with Gasteiger partial charge in [-0.05, 0) is 60.9 Å². The van der Waals surface area contributed by atoms with Crippen LogP contribution in [-0.2, 0) is 11.4 Å². The van der Waals surface area contributed by atoms with Gasteiger partial charge in [0.1, 0.15) is 24.1 Å². The van der Waals surface area contributed by atoms with Gasteiger partial charge in [0.15, 0.2) is 11.5 Å². The second-order valence-electron chi connectivity index (χ2n) is 7.45. The van der Waals surface area contributed by atoms with E-state index in [1.807, 2.05) is 50.2 Å². The predicted octanol–water partition coefficient (Wildman–Crippen LogP) is 6.24. The second kappa shape index (κ2) is 11.9. The number of carbonyl (C=O) groups is 1. The first-order chi connectivity index (χ1) is 16.4. The van der Waals surface area contributed by atoms with Gasteiger partial charge in [-0.15, -0.1) is 0 Å². The molecule has 3 rings (SSSR count). The molecule has 3 aromatic carbocycles. The highest BCUT2D eigenvalue weighted by Gasteiger charge is 2.16. The molecule has 0 saturated heterocycles. The zero-order valence-corrected chi connectivity index (χ0v) is 19.6. The smallest absolute Gasteiger partial charge is 0.262 e. The van der Waals surface area contributed by atoms with E-state index in [0.29, 0.717) is 23.7 Å². The van der Waals surface area contributed by atoms with E-state index in [2.05, 4.69) is 5.32 Å². The van der Waals surface area contributed by atoms with Crippen LogP contribution in [0.4, 0.5) is 4.39 Å². The number of halogens is 2. The summed E-state index contributed by atoms with van der Waals surface area (Å²) in [6.45, 7) is 4.19. The van der Waals surface area contributed by atoms with E-state index < -0.39 is 5.91 Å². The van der Waals surface area contributed by atoms with Gasteiger partial charge < -0.3 is 14.8 Å². The summed E-state index contributed by atoms with van der Waals surface area (Å²) in [7, 11) is 0. The van der Waals surface area contributed by atoms with E-state index >= 15 is 0 Å². The Morgan fingerprint density at radius 1 is 1.15 bits per heavy atom. The van der Waals surface area contributed by atoms with Crippen molar-refractivity contribution in [3.63, 3.8) is 0 Å². The van der Waals surface area contributed by atoms with Gasteiger partial charge in [-0.25, -0.2) is 4.39 Å². The zero-order valence-electron chi connectivity index (χ0n) is 18.8. The predicted molar refractivity (Wildman–Crippen MR) is 130 cm³/mol. The van der Waals surface area contributed by atoms with Crippen molar-refractivity contribution in [2.75, 3.05) is 6.61 Å². The summed E-state index contributed by atoms with van der Waals surface area (Å²) in [5, 5.41) is 12.7. The fourth-order valence-electron chi connectivity index (χ4n) is 3.23. The molecule has 34 heavy (non-hydrogen) atoms. The Labute approximate surface area is 203 Å². The van der Waals surface area contributed by atoms with Crippen molar-refractivity contribution in [3.8, 4) is 17.6 Å². The maximum atomic E-state index is 13.1. The molecule has 7 heteroatoms. The molecule has 0 saturated carbocycles. The second-order valence-corrected chi connectivity index (χ2v) is 7.86. The van der Waals surface area contributed by atoms with Crippen LogP contribution < -0.4 is 14.8 Å². The Balaban J connectivity index is 1.81. The molecule has 0 unspecified atom stereocenters. The van der Waals surface area contributed by atoms with Crippen LogP contribution in [0.25, 0.3) is 6.08 Å². The number of ether oxygens (including phenoxy) is 2. The minimum atomic E-state index is -0.496. The van der Waals surface area contributed by atoms with Crippen molar-refractivity contribution in [2.24, 2.45) is 0 Å². The Kier molecular flexibility index (Phi) is 8.66. The highest BCUT2D eigenvalue weighted by molar-refractivity contribution is 6.32. The van der Waals surface area contributed by atoms with Crippen molar-refractivity contribution in [1.82, 2.24) is 5.32 Å². The highest BCUT2D eigenvalue weighted by Crippen LogP contribution is 2.38. The zero-order chi connectivity index (χ0) is 24.5. The van der Waals surface area contributed by atoms with E-state index in [-0.39, 0.29) is 29.1 Å². The van der Waals surface area contributed by atoms with Crippen molar-refractivity contribution < 1.29 is 18.7 Å². The Hall–Kier alpha value is -3.82. The van der Waals surface area contributed by atoms with Gasteiger partial charge in [-0.2, -0.15) is 5.26 Å². The van der Waals surface area contributed by atoms with Crippen LogP contribution >= 0.6 is 11.6 Å². The lowest BCUT2D eigenvalue weighted by atomic mass is 10.1. The molecule has 1 amide bonds. The molecule has 3 aromatic rings.